The predicted octanol–water partition coefficient (Wildman–Crippen LogP) is 3.05. The van der Waals surface area contributed by atoms with Gasteiger partial charge in [-0.25, -0.2) is 0 Å². The number of hydrogen-bond donors (Lipinski definition) is 0. The van der Waals surface area contributed by atoms with Crippen molar-refractivity contribution < 1.29 is 9.47 Å². The third-order valence-corrected chi connectivity index (χ3v) is 4.03. The molecule has 1 spiro atoms. The van der Waals surface area contributed by atoms with Gasteiger partial charge in [0, 0.05) is 23.1 Å². The maximum atomic E-state index is 8.88. The van der Waals surface area contributed by atoms with Gasteiger partial charge < -0.3 is 9.47 Å². The number of rotatable bonds is 0. The molecule has 0 N–H and O–H groups in total. The fraction of sp³-hybridized carbons (Fsp3) is 0.429. The zero-order valence-electron chi connectivity index (χ0n) is 10.4. The van der Waals surface area contributed by atoms with E-state index in [1.54, 1.807) is 0 Å². The molecular formula is C14H13BrN2O2. The minimum absolute atomic E-state index is 0.352. The molecule has 5 heteroatoms. The number of benzene rings is 1. The lowest BCUT2D eigenvalue weighted by Crippen LogP contribution is -2.48. The van der Waals surface area contributed by atoms with E-state index in [1.807, 2.05) is 24.4 Å². The molecule has 4 nitrogen and oxygen atoms in total. The maximum absolute atomic E-state index is 8.88. The third-order valence-electron chi connectivity index (χ3n) is 3.54. The van der Waals surface area contributed by atoms with Crippen molar-refractivity contribution in [2.75, 3.05) is 13.2 Å². The molecule has 1 aromatic rings. The van der Waals surface area contributed by atoms with Crippen molar-refractivity contribution in [1.29, 1.82) is 5.26 Å². The molecule has 1 aromatic carbocycles. The van der Waals surface area contributed by atoms with Gasteiger partial charge in [0.2, 0.25) is 6.19 Å². The molecule has 19 heavy (non-hydrogen) atoms. The standard InChI is InChI=1S/C14H13BrN2O2/c15-10-2-3-13-11(6-10)12(17-9-16)7-14(19-13)4-1-5-18-8-14/h2-3,6H,1,4-5,7-8H2. The van der Waals surface area contributed by atoms with E-state index < -0.39 is 0 Å². The van der Waals surface area contributed by atoms with Gasteiger partial charge >= 0.3 is 0 Å². The first-order valence-electron chi connectivity index (χ1n) is 6.25. The lowest BCUT2D eigenvalue weighted by molar-refractivity contribution is -0.0661. The van der Waals surface area contributed by atoms with Crippen molar-refractivity contribution >= 4 is 21.6 Å². The zero-order valence-corrected chi connectivity index (χ0v) is 11.9. The van der Waals surface area contributed by atoms with Crippen LogP contribution in [0.15, 0.2) is 27.7 Å². The fourth-order valence-corrected chi connectivity index (χ4v) is 3.05. The molecule has 98 valence electrons. The Kier molecular flexibility index (Phi) is 3.29. The number of ether oxygens (including phenoxy) is 2. The summed E-state index contributed by atoms with van der Waals surface area (Å²) in [5.41, 5.74) is 1.33. The molecule has 2 heterocycles. The van der Waals surface area contributed by atoms with Crippen LogP contribution < -0.4 is 4.74 Å². The van der Waals surface area contributed by atoms with Gasteiger partial charge in [-0.1, -0.05) is 15.9 Å². The van der Waals surface area contributed by atoms with Crippen molar-refractivity contribution in [1.82, 2.24) is 0 Å². The number of fused-ring (bicyclic) bond motifs is 1. The van der Waals surface area contributed by atoms with Gasteiger partial charge in [-0.05, 0) is 31.0 Å². The SMILES string of the molecule is N#CN=C1CC2(CCCOC2)Oc2ccc(Br)cc21. The van der Waals surface area contributed by atoms with Crippen molar-refractivity contribution in [3.05, 3.63) is 28.2 Å². The fourth-order valence-electron chi connectivity index (χ4n) is 2.69. The van der Waals surface area contributed by atoms with Crippen LogP contribution in [0.2, 0.25) is 0 Å². The summed E-state index contributed by atoms with van der Waals surface area (Å²) in [5.74, 6) is 0.786. The highest BCUT2D eigenvalue weighted by Gasteiger charge is 2.41. The van der Waals surface area contributed by atoms with E-state index in [0.29, 0.717) is 13.0 Å². The molecule has 0 aliphatic carbocycles. The van der Waals surface area contributed by atoms with E-state index in [0.717, 1.165) is 40.9 Å². The van der Waals surface area contributed by atoms with Crippen LogP contribution in [0.1, 0.15) is 24.8 Å². The van der Waals surface area contributed by atoms with Gasteiger partial charge in [-0.3, -0.25) is 0 Å². The first-order chi connectivity index (χ1) is 9.22. The average Bonchev–Trinajstić information content (AvgIpc) is 2.41. The molecule has 0 bridgehead atoms. The Morgan fingerprint density at radius 1 is 1.42 bits per heavy atom. The Morgan fingerprint density at radius 3 is 3.05 bits per heavy atom. The first kappa shape index (κ1) is 12.6. The highest BCUT2D eigenvalue weighted by molar-refractivity contribution is 9.10. The lowest BCUT2D eigenvalue weighted by atomic mass is 9.85. The molecule has 0 aromatic heterocycles. The summed E-state index contributed by atoms with van der Waals surface area (Å²) in [4.78, 5) is 3.98. The van der Waals surface area contributed by atoms with Crippen LogP contribution in [0.4, 0.5) is 0 Å². The number of nitriles is 1. The lowest BCUT2D eigenvalue weighted by Gasteiger charge is -2.41. The first-order valence-corrected chi connectivity index (χ1v) is 7.04. The molecular weight excluding hydrogens is 308 g/mol. The van der Waals surface area contributed by atoms with Crippen LogP contribution in [-0.4, -0.2) is 24.5 Å². The Hall–Kier alpha value is -1.38. The monoisotopic (exact) mass is 320 g/mol. The molecule has 1 atom stereocenters. The van der Waals surface area contributed by atoms with E-state index in [4.69, 9.17) is 14.7 Å². The van der Waals surface area contributed by atoms with Gasteiger partial charge in [0.15, 0.2) is 0 Å². The van der Waals surface area contributed by atoms with Gasteiger partial charge in [0.25, 0.3) is 0 Å². The summed E-state index contributed by atoms with van der Waals surface area (Å²) >= 11 is 3.44. The normalized spacial score (nSPS) is 27.7. The van der Waals surface area contributed by atoms with Gasteiger partial charge in [-0.15, -0.1) is 0 Å². The van der Waals surface area contributed by atoms with Crippen LogP contribution >= 0.6 is 15.9 Å². The summed E-state index contributed by atoms with van der Waals surface area (Å²) in [5, 5.41) is 8.88. The summed E-state index contributed by atoms with van der Waals surface area (Å²) in [6, 6.07) is 5.80. The van der Waals surface area contributed by atoms with Crippen LogP contribution in [0, 0.1) is 11.5 Å². The van der Waals surface area contributed by atoms with Crippen molar-refractivity contribution in [2.45, 2.75) is 24.9 Å². The maximum Gasteiger partial charge on any atom is 0.205 e. The second kappa shape index (κ2) is 4.95. The molecule has 1 fully saturated rings. The van der Waals surface area contributed by atoms with Crippen molar-refractivity contribution in [3.8, 4) is 11.9 Å². The van der Waals surface area contributed by atoms with E-state index in [-0.39, 0.29) is 5.60 Å². The highest BCUT2D eigenvalue weighted by atomic mass is 79.9. The minimum Gasteiger partial charge on any atom is -0.484 e. The molecule has 1 saturated heterocycles. The number of hydrogen-bond acceptors (Lipinski definition) is 4. The summed E-state index contributed by atoms with van der Waals surface area (Å²) in [6.45, 7) is 1.34. The molecule has 0 saturated carbocycles. The average molecular weight is 321 g/mol. The minimum atomic E-state index is -0.352. The zero-order chi connectivity index (χ0) is 13.3. The predicted molar refractivity (Wildman–Crippen MR) is 74.3 cm³/mol. The molecule has 2 aliphatic heterocycles. The van der Waals surface area contributed by atoms with E-state index in [9.17, 15) is 0 Å². The largest absolute Gasteiger partial charge is 0.484 e. The second-order valence-electron chi connectivity index (χ2n) is 4.92. The Morgan fingerprint density at radius 2 is 2.32 bits per heavy atom. The summed E-state index contributed by atoms with van der Waals surface area (Å²) < 4.78 is 12.7. The third kappa shape index (κ3) is 2.38. The molecule has 0 radical (unpaired) electrons. The Bertz CT molecular complexity index is 571. The van der Waals surface area contributed by atoms with Crippen LogP contribution in [0.3, 0.4) is 0 Å². The Balaban J connectivity index is 2.05. The van der Waals surface area contributed by atoms with Crippen LogP contribution in [0.25, 0.3) is 0 Å². The molecule has 3 rings (SSSR count). The smallest absolute Gasteiger partial charge is 0.205 e. The van der Waals surface area contributed by atoms with Crippen molar-refractivity contribution in [2.24, 2.45) is 4.99 Å². The van der Waals surface area contributed by atoms with Gasteiger partial charge in [0.05, 0.1) is 12.3 Å². The van der Waals surface area contributed by atoms with Crippen LogP contribution in [-0.2, 0) is 4.74 Å². The van der Waals surface area contributed by atoms with E-state index >= 15 is 0 Å². The number of halogens is 1. The molecule has 1 unspecified atom stereocenters. The summed E-state index contributed by atoms with van der Waals surface area (Å²) in [7, 11) is 0. The van der Waals surface area contributed by atoms with E-state index in [1.165, 1.54) is 0 Å². The second-order valence-corrected chi connectivity index (χ2v) is 5.83. The van der Waals surface area contributed by atoms with Crippen molar-refractivity contribution in [3.63, 3.8) is 0 Å². The highest BCUT2D eigenvalue weighted by Crippen LogP contribution is 2.39. The van der Waals surface area contributed by atoms with E-state index in [2.05, 4.69) is 20.9 Å². The topological polar surface area (TPSA) is 54.6 Å². The van der Waals surface area contributed by atoms with Gasteiger partial charge in [-0.2, -0.15) is 10.3 Å². The number of aliphatic imine (C=N–C) groups is 1. The molecule has 0 amide bonds. The quantitative estimate of drug-likeness (QED) is 0.690. The molecule has 2 aliphatic rings. The number of nitrogens with zero attached hydrogens (tertiary/aromatic N) is 2. The van der Waals surface area contributed by atoms with Gasteiger partial charge in [0.1, 0.15) is 11.4 Å². The Labute approximate surface area is 120 Å². The van der Waals surface area contributed by atoms with Crippen LogP contribution in [0.5, 0.6) is 5.75 Å². The summed E-state index contributed by atoms with van der Waals surface area (Å²) in [6.07, 6.45) is 4.44.